The van der Waals surface area contributed by atoms with Gasteiger partial charge in [-0.05, 0) is 23.8 Å². The molecule has 3 aromatic rings. The van der Waals surface area contributed by atoms with Crippen LogP contribution in [0.4, 0.5) is 0 Å². The topological polar surface area (TPSA) is 96.5 Å². The molecule has 0 atom stereocenters. The van der Waals surface area contributed by atoms with Crippen LogP contribution in [-0.4, -0.2) is 15.1 Å². The fourth-order valence-electron chi connectivity index (χ4n) is 2.06. The number of aromatic nitrogens is 2. The molecule has 0 unspecified atom stereocenters. The van der Waals surface area contributed by atoms with Crippen molar-refractivity contribution in [2.24, 2.45) is 0 Å². The predicted octanol–water partition coefficient (Wildman–Crippen LogP) is 2.68. The molecule has 0 saturated carbocycles. The third-order valence-electron chi connectivity index (χ3n) is 3.10. The van der Waals surface area contributed by atoms with Crippen molar-refractivity contribution in [1.29, 1.82) is 10.5 Å². The van der Waals surface area contributed by atoms with Gasteiger partial charge in [0, 0.05) is 23.3 Å². The fraction of sp³-hybridized carbons (Fsp3) is 0. The van der Waals surface area contributed by atoms with Gasteiger partial charge in [0.2, 0.25) is 0 Å². The number of benzene rings is 1. The maximum Gasteiger partial charge on any atom is 0.138 e. The number of nitrogens with one attached hydrogen (secondary N) is 1. The van der Waals surface area contributed by atoms with Crippen LogP contribution in [0.3, 0.4) is 0 Å². The Morgan fingerprint density at radius 1 is 1.05 bits per heavy atom. The summed E-state index contributed by atoms with van der Waals surface area (Å²) in [6.07, 6.45) is 3.27. The van der Waals surface area contributed by atoms with Crippen LogP contribution in [0.5, 0.6) is 5.75 Å². The number of fused-ring (bicyclic) bond motifs is 1. The maximum absolute atomic E-state index is 9.52. The van der Waals surface area contributed by atoms with Crippen molar-refractivity contribution < 1.29 is 5.11 Å². The Balaban J connectivity index is 2.20. The molecule has 2 aromatic heterocycles. The van der Waals surface area contributed by atoms with Crippen LogP contribution < -0.4 is 0 Å². The van der Waals surface area contributed by atoms with E-state index in [1.807, 2.05) is 12.1 Å². The van der Waals surface area contributed by atoms with Crippen molar-refractivity contribution in [1.82, 2.24) is 9.97 Å². The normalized spacial score (nSPS) is 10.1. The summed E-state index contributed by atoms with van der Waals surface area (Å²) >= 11 is 0. The first-order valence-electron chi connectivity index (χ1n) is 5.83. The molecule has 0 bridgehead atoms. The SMILES string of the molecule is N#Cc1cc(-c2cnc3[nH]cc(C#N)c3c2)ccc1O. The molecule has 0 aliphatic heterocycles. The second-order valence-corrected chi connectivity index (χ2v) is 4.28. The van der Waals surface area contributed by atoms with Crippen molar-refractivity contribution >= 4 is 11.0 Å². The molecule has 0 amide bonds. The molecule has 1 aromatic carbocycles. The molecule has 0 radical (unpaired) electrons. The van der Waals surface area contributed by atoms with Crippen LogP contribution in [-0.2, 0) is 0 Å². The smallest absolute Gasteiger partial charge is 0.138 e. The van der Waals surface area contributed by atoms with Gasteiger partial charge in [0.15, 0.2) is 0 Å². The lowest BCUT2D eigenvalue weighted by Gasteiger charge is -2.03. The highest BCUT2D eigenvalue weighted by molar-refractivity contribution is 5.86. The van der Waals surface area contributed by atoms with E-state index in [0.29, 0.717) is 11.2 Å². The minimum atomic E-state index is -0.0513. The standard InChI is InChI=1S/C15H8N4O/c16-5-10-3-9(1-2-14(10)20)11-4-13-12(6-17)8-19-15(13)18-7-11/h1-4,7-8,20H,(H,18,19). The molecule has 3 rings (SSSR count). The zero-order chi connectivity index (χ0) is 14.1. The van der Waals surface area contributed by atoms with Gasteiger partial charge in [-0.2, -0.15) is 10.5 Å². The second kappa shape index (κ2) is 4.42. The molecule has 5 nitrogen and oxygen atoms in total. The highest BCUT2D eigenvalue weighted by atomic mass is 16.3. The lowest BCUT2D eigenvalue weighted by atomic mass is 10.0. The summed E-state index contributed by atoms with van der Waals surface area (Å²) in [7, 11) is 0. The first-order chi connectivity index (χ1) is 9.72. The Kier molecular flexibility index (Phi) is 2.60. The lowest BCUT2D eigenvalue weighted by Crippen LogP contribution is -1.84. The average Bonchev–Trinajstić information content (AvgIpc) is 2.90. The lowest BCUT2D eigenvalue weighted by molar-refractivity contribution is 0.473. The molecule has 0 fully saturated rings. The average molecular weight is 260 g/mol. The third kappa shape index (κ3) is 1.75. The van der Waals surface area contributed by atoms with E-state index in [1.54, 1.807) is 24.5 Å². The second-order valence-electron chi connectivity index (χ2n) is 4.28. The van der Waals surface area contributed by atoms with Crippen LogP contribution in [0.1, 0.15) is 11.1 Å². The third-order valence-corrected chi connectivity index (χ3v) is 3.10. The Labute approximate surface area is 114 Å². The van der Waals surface area contributed by atoms with Gasteiger partial charge < -0.3 is 10.1 Å². The van der Waals surface area contributed by atoms with Gasteiger partial charge in [-0.1, -0.05) is 6.07 Å². The monoisotopic (exact) mass is 260 g/mol. The fourth-order valence-corrected chi connectivity index (χ4v) is 2.06. The van der Waals surface area contributed by atoms with E-state index >= 15 is 0 Å². The van der Waals surface area contributed by atoms with Crippen LogP contribution in [0.2, 0.25) is 0 Å². The van der Waals surface area contributed by atoms with Gasteiger partial charge in [-0.15, -0.1) is 0 Å². The number of aromatic amines is 1. The van der Waals surface area contributed by atoms with Gasteiger partial charge in [-0.3, -0.25) is 0 Å². The summed E-state index contributed by atoms with van der Waals surface area (Å²) < 4.78 is 0. The van der Waals surface area contributed by atoms with E-state index in [-0.39, 0.29) is 11.3 Å². The summed E-state index contributed by atoms with van der Waals surface area (Å²) in [5, 5.41) is 28.2. The molecule has 94 valence electrons. The van der Waals surface area contributed by atoms with Crippen LogP contribution >= 0.6 is 0 Å². The number of phenolic OH excluding ortho intramolecular Hbond substituents is 1. The molecule has 2 heterocycles. The van der Waals surface area contributed by atoms with Crippen LogP contribution in [0.25, 0.3) is 22.2 Å². The zero-order valence-electron chi connectivity index (χ0n) is 10.3. The summed E-state index contributed by atoms with van der Waals surface area (Å²) in [4.78, 5) is 7.18. The molecule has 0 aliphatic rings. The zero-order valence-corrected chi connectivity index (χ0v) is 10.3. The number of hydrogen-bond donors (Lipinski definition) is 2. The Bertz CT molecular complexity index is 896. The van der Waals surface area contributed by atoms with Crippen molar-refractivity contribution in [3.05, 3.63) is 47.8 Å². The molecule has 2 N–H and O–H groups in total. The van der Waals surface area contributed by atoms with Gasteiger partial charge in [0.1, 0.15) is 23.5 Å². The van der Waals surface area contributed by atoms with E-state index < -0.39 is 0 Å². The Morgan fingerprint density at radius 2 is 1.85 bits per heavy atom. The van der Waals surface area contributed by atoms with E-state index in [2.05, 4.69) is 16.0 Å². The van der Waals surface area contributed by atoms with E-state index in [0.717, 1.165) is 16.5 Å². The minimum Gasteiger partial charge on any atom is -0.507 e. The highest BCUT2D eigenvalue weighted by Crippen LogP contribution is 2.27. The first kappa shape index (κ1) is 11.8. The quantitative estimate of drug-likeness (QED) is 0.702. The Hall–Kier alpha value is -3.31. The predicted molar refractivity (Wildman–Crippen MR) is 72.6 cm³/mol. The first-order valence-corrected chi connectivity index (χ1v) is 5.83. The summed E-state index contributed by atoms with van der Waals surface area (Å²) in [5.74, 6) is -0.0513. The molecule has 20 heavy (non-hydrogen) atoms. The number of aromatic hydroxyl groups is 1. The molecule has 0 spiro atoms. The number of hydrogen-bond acceptors (Lipinski definition) is 4. The van der Waals surface area contributed by atoms with Crippen LogP contribution in [0.15, 0.2) is 36.7 Å². The van der Waals surface area contributed by atoms with Crippen molar-refractivity contribution in [2.45, 2.75) is 0 Å². The van der Waals surface area contributed by atoms with Gasteiger partial charge in [0.05, 0.1) is 11.1 Å². The molecule has 0 aliphatic carbocycles. The molecular weight excluding hydrogens is 252 g/mol. The number of nitriles is 2. The highest BCUT2D eigenvalue weighted by Gasteiger charge is 2.08. The summed E-state index contributed by atoms with van der Waals surface area (Å²) in [5.41, 5.74) is 2.92. The van der Waals surface area contributed by atoms with E-state index in [4.69, 9.17) is 10.5 Å². The van der Waals surface area contributed by atoms with Crippen molar-refractivity contribution in [3.8, 4) is 29.0 Å². The van der Waals surface area contributed by atoms with Crippen molar-refractivity contribution in [2.75, 3.05) is 0 Å². The number of rotatable bonds is 1. The van der Waals surface area contributed by atoms with Gasteiger partial charge in [-0.25, -0.2) is 4.98 Å². The van der Waals surface area contributed by atoms with E-state index in [9.17, 15) is 5.11 Å². The van der Waals surface area contributed by atoms with Crippen molar-refractivity contribution in [3.63, 3.8) is 0 Å². The molecule has 0 saturated heterocycles. The summed E-state index contributed by atoms with van der Waals surface area (Å²) in [6.45, 7) is 0. The summed E-state index contributed by atoms with van der Waals surface area (Å²) in [6, 6.07) is 10.6. The largest absolute Gasteiger partial charge is 0.507 e. The number of pyridine rings is 1. The Morgan fingerprint density at radius 3 is 2.60 bits per heavy atom. The maximum atomic E-state index is 9.52. The van der Waals surface area contributed by atoms with Crippen LogP contribution in [0, 0.1) is 22.7 Å². The molecular formula is C15H8N4O. The number of phenols is 1. The number of nitrogens with zero attached hydrogens (tertiary/aromatic N) is 3. The van der Waals surface area contributed by atoms with E-state index in [1.165, 1.54) is 6.07 Å². The number of H-pyrrole nitrogens is 1. The van der Waals surface area contributed by atoms with Gasteiger partial charge in [0.25, 0.3) is 0 Å². The van der Waals surface area contributed by atoms with Gasteiger partial charge >= 0.3 is 0 Å². The minimum absolute atomic E-state index is 0.0513. The molecule has 5 heteroatoms.